The molecule has 0 aliphatic rings. The van der Waals surface area contributed by atoms with Crippen LogP contribution in [0.3, 0.4) is 0 Å². The SMILES string of the molecule is CSCCNS(=O)(=O)c1c(C)nn(CCN)c1C. The summed E-state index contributed by atoms with van der Waals surface area (Å²) in [4.78, 5) is 0.275. The van der Waals surface area contributed by atoms with Gasteiger partial charge in [0.25, 0.3) is 0 Å². The van der Waals surface area contributed by atoms with Crippen molar-refractivity contribution < 1.29 is 8.42 Å². The lowest BCUT2D eigenvalue weighted by atomic mass is 10.4. The molecule has 6 nitrogen and oxygen atoms in total. The largest absolute Gasteiger partial charge is 0.329 e. The summed E-state index contributed by atoms with van der Waals surface area (Å²) >= 11 is 1.59. The van der Waals surface area contributed by atoms with Gasteiger partial charge < -0.3 is 5.73 Å². The van der Waals surface area contributed by atoms with E-state index in [1.807, 2.05) is 6.26 Å². The van der Waals surface area contributed by atoms with Gasteiger partial charge in [-0.2, -0.15) is 16.9 Å². The number of sulfonamides is 1. The lowest BCUT2D eigenvalue weighted by Gasteiger charge is -2.07. The lowest BCUT2D eigenvalue weighted by Crippen LogP contribution is -2.27. The maximum absolute atomic E-state index is 12.2. The molecular weight excluding hydrogens is 272 g/mol. The van der Waals surface area contributed by atoms with E-state index in [9.17, 15) is 8.42 Å². The second-order valence-corrected chi connectivity index (χ2v) is 6.59. The summed E-state index contributed by atoms with van der Waals surface area (Å²) in [6, 6.07) is 0. The molecule has 18 heavy (non-hydrogen) atoms. The molecule has 1 rings (SSSR count). The first kappa shape index (κ1) is 15.5. The number of nitrogens with one attached hydrogen (secondary N) is 1. The summed E-state index contributed by atoms with van der Waals surface area (Å²) < 4.78 is 28.5. The molecule has 3 N–H and O–H groups in total. The molecule has 8 heteroatoms. The molecule has 1 aromatic heterocycles. The molecule has 0 spiro atoms. The van der Waals surface area contributed by atoms with Gasteiger partial charge in [0.1, 0.15) is 4.90 Å². The van der Waals surface area contributed by atoms with Crippen molar-refractivity contribution in [3.8, 4) is 0 Å². The lowest BCUT2D eigenvalue weighted by molar-refractivity contribution is 0.580. The predicted octanol–water partition coefficient (Wildman–Crippen LogP) is 0.0999. The number of aryl methyl sites for hydroxylation is 1. The van der Waals surface area contributed by atoms with Crippen LogP contribution in [0.15, 0.2) is 4.90 Å². The van der Waals surface area contributed by atoms with Gasteiger partial charge in [0, 0.05) is 18.8 Å². The molecule has 0 saturated carbocycles. The maximum Gasteiger partial charge on any atom is 0.244 e. The Morgan fingerprint density at radius 1 is 1.44 bits per heavy atom. The minimum absolute atomic E-state index is 0.275. The summed E-state index contributed by atoms with van der Waals surface area (Å²) in [6.07, 6.45) is 1.93. The fourth-order valence-electron chi connectivity index (χ4n) is 1.76. The zero-order chi connectivity index (χ0) is 13.8. The zero-order valence-corrected chi connectivity index (χ0v) is 12.6. The molecule has 0 aliphatic carbocycles. The molecule has 0 fully saturated rings. The Hall–Kier alpha value is -0.570. The average molecular weight is 292 g/mol. The Balaban J connectivity index is 3.01. The van der Waals surface area contributed by atoms with E-state index < -0.39 is 10.0 Å². The number of rotatable bonds is 7. The van der Waals surface area contributed by atoms with Gasteiger partial charge in [0.15, 0.2) is 0 Å². The monoisotopic (exact) mass is 292 g/mol. The molecule has 0 radical (unpaired) electrons. The van der Waals surface area contributed by atoms with Crippen LogP contribution < -0.4 is 10.5 Å². The Labute approximate surface area is 112 Å². The third kappa shape index (κ3) is 3.47. The van der Waals surface area contributed by atoms with E-state index in [4.69, 9.17) is 5.73 Å². The molecule has 0 aromatic carbocycles. The highest BCUT2D eigenvalue weighted by molar-refractivity contribution is 7.98. The molecule has 0 amide bonds. The number of aromatic nitrogens is 2. The molecule has 104 valence electrons. The Kier molecular flexibility index (Phi) is 5.64. The minimum atomic E-state index is -3.48. The Bertz CT molecular complexity index is 496. The highest BCUT2D eigenvalue weighted by atomic mass is 32.2. The van der Waals surface area contributed by atoms with Gasteiger partial charge in [-0.05, 0) is 20.1 Å². The van der Waals surface area contributed by atoms with E-state index in [-0.39, 0.29) is 4.90 Å². The molecule has 0 atom stereocenters. The van der Waals surface area contributed by atoms with Crippen LogP contribution in [0.4, 0.5) is 0 Å². The van der Waals surface area contributed by atoms with E-state index in [1.54, 1.807) is 30.3 Å². The second-order valence-electron chi connectivity index (χ2n) is 3.90. The standard InChI is InChI=1S/C10H20N4O2S2/c1-8-10(9(2)14(13-8)6-4-11)18(15,16)12-5-7-17-3/h12H,4-7,11H2,1-3H3. The maximum atomic E-state index is 12.2. The van der Waals surface area contributed by atoms with Crippen molar-refractivity contribution in [3.63, 3.8) is 0 Å². The summed E-state index contributed by atoms with van der Waals surface area (Å²) in [5.74, 6) is 0.744. The van der Waals surface area contributed by atoms with Crippen molar-refractivity contribution in [1.29, 1.82) is 0 Å². The van der Waals surface area contributed by atoms with E-state index in [1.165, 1.54) is 0 Å². The van der Waals surface area contributed by atoms with Gasteiger partial charge in [0.05, 0.1) is 17.9 Å². The van der Waals surface area contributed by atoms with Crippen LogP contribution >= 0.6 is 11.8 Å². The number of nitrogens with zero attached hydrogens (tertiary/aromatic N) is 2. The van der Waals surface area contributed by atoms with E-state index in [0.29, 0.717) is 31.0 Å². The van der Waals surface area contributed by atoms with Crippen molar-refractivity contribution in [2.75, 3.05) is 25.1 Å². The molecule has 0 aliphatic heterocycles. The van der Waals surface area contributed by atoms with Crippen LogP contribution in [0.1, 0.15) is 11.4 Å². The van der Waals surface area contributed by atoms with E-state index >= 15 is 0 Å². The van der Waals surface area contributed by atoms with Crippen LogP contribution in [0, 0.1) is 13.8 Å². The molecule has 0 saturated heterocycles. The van der Waals surface area contributed by atoms with Gasteiger partial charge in [-0.25, -0.2) is 13.1 Å². The normalized spacial score (nSPS) is 12.0. The summed E-state index contributed by atoms with van der Waals surface area (Å²) in [5, 5.41) is 4.21. The Morgan fingerprint density at radius 2 is 2.11 bits per heavy atom. The van der Waals surface area contributed by atoms with Crippen LogP contribution in [0.25, 0.3) is 0 Å². The predicted molar refractivity (Wildman–Crippen MR) is 74.3 cm³/mol. The topological polar surface area (TPSA) is 90.0 Å². The quantitative estimate of drug-likeness (QED) is 0.696. The summed E-state index contributed by atoms with van der Waals surface area (Å²) in [7, 11) is -3.48. The van der Waals surface area contributed by atoms with Gasteiger partial charge >= 0.3 is 0 Å². The first-order chi connectivity index (χ1) is 8.44. The van der Waals surface area contributed by atoms with E-state index in [0.717, 1.165) is 5.75 Å². The van der Waals surface area contributed by atoms with Gasteiger partial charge in [0.2, 0.25) is 10.0 Å². The first-order valence-electron chi connectivity index (χ1n) is 5.66. The fraction of sp³-hybridized carbons (Fsp3) is 0.700. The van der Waals surface area contributed by atoms with Crippen LogP contribution in [-0.4, -0.2) is 43.3 Å². The molecular formula is C10H20N4O2S2. The second kappa shape index (κ2) is 6.55. The highest BCUT2D eigenvalue weighted by Gasteiger charge is 2.23. The molecule has 0 bridgehead atoms. The third-order valence-electron chi connectivity index (χ3n) is 2.52. The van der Waals surface area contributed by atoms with Gasteiger partial charge in [-0.1, -0.05) is 0 Å². The van der Waals surface area contributed by atoms with Crippen LogP contribution in [0.5, 0.6) is 0 Å². The third-order valence-corrected chi connectivity index (χ3v) is 4.85. The van der Waals surface area contributed by atoms with Crippen LogP contribution in [-0.2, 0) is 16.6 Å². The first-order valence-corrected chi connectivity index (χ1v) is 8.54. The van der Waals surface area contributed by atoms with Crippen molar-refractivity contribution in [1.82, 2.24) is 14.5 Å². The number of hydrogen-bond acceptors (Lipinski definition) is 5. The Morgan fingerprint density at radius 3 is 2.67 bits per heavy atom. The van der Waals surface area contributed by atoms with Crippen LogP contribution in [0.2, 0.25) is 0 Å². The van der Waals surface area contributed by atoms with E-state index in [2.05, 4.69) is 9.82 Å². The number of thioether (sulfide) groups is 1. The molecule has 1 heterocycles. The number of nitrogens with two attached hydrogens (primary N) is 1. The zero-order valence-electron chi connectivity index (χ0n) is 10.9. The minimum Gasteiger partial charge on any atom is -0.329 e. The summed E-state index contributed by atoms with van der Waals surface area (Å²) in [5.41, 5.74) is 6.61. The smallest absolute Gasteiger partial charge is 0.244 e. The fourth-order valence-corrected chi connectivity index (χ4v) is 3.63. The average Bonchev–Trinajstić information content (AvgIpc) is 2.55. The van der Waals surface area contributed by atoms with Crippen molar-refractivity contribution in [2.24, 2.45) is 5.73 Å². The van der Waals surface area contributed by atoms with Gasteiger partial charge in [-0.15, -0.1) is 0 Å². The van der Waals surface area contributed by atoms with Gasteiger partial charge in [-0.3, -0.25) is 4.68 Å². The van der Waals surface area contributed by atoms with Crippen molar-refractivity contribution >= 4 is 21.8 Å². The van der Waals surface area contributed by atoms with Crippen molar-refractivity contribution in [3.05, 3.63) is 11.4 Å². The molecule has 0 unspecified atom stereocenters. The summed E-state index contributed by atoms with van der Waals surface area (Å²) in [6.45, 7) is 4.82. The molecule has 1 aromatic rings. The highest BCUT2D eigenvalue weighted by Crippen LogP contribution is 2.18. The van der Waals surface area contributed by atoms with Crippen molar-refractivity contribution in [2.45, 2.75) is 25.3 Å². The number of hydrogen-bond donors (Lipinski definition) is 2.